The molecule has 6 rings (SSSR count). The van der Waals surface area contributed by atoms with Gasteiger partial charge in [0.05, 0.1) is 12.1 Å². The van der Waals surface area contributed by atoms with E-state index >= 15 is 0 Å². The topological polar surface area (TPSA) is 59.6 Å². The molecule has 4 aromatic rings. The Morgan fingerprint density at radius 1 is 0.548 bits per heavy atom. The van der Waals surface area contributed by atoms with Crippen molar-refractivity contribution in [1.82, 2.24) is 10.6 Å². The molecule has 0 saturated carbocycles. The molecule has 0 aromatic heterocycles. The molecular weight excluding hydrogens is 540 g/mol. The summed E-state index contributed by atoms with van der Waals surface area (Å²) in [5, 5.41) is 6.80. The molecule has 0 unspecified atom stereocenters. The zero-order chi connectivity index (χ0) is 29.7. The maximum Gasteiger partial charge on any atom is 0.408 e. The van der Waals surface area contributed by atoms with Crippen molar-refractivity contribution in [2.24, 2.45) is 11.8 Å². The van der Waals surface area contributed by atoms with Crippen molar-refractivity contribution in [2.45, 2.75) is 51.0 Å². The number of hydrogen-bond donors (Lipinski definition) is 2. The van der Waals surface area contributed by atoms with Gasteiger partial charge in [0.25, 0.3) is 5.17 Å². The molecule has 6 heteroatoms. The van der Waals surface area contributed by atoms with E-state index in [9.17, 15) is 4.79 Å². The van der Waals surface area contributed by atoms with Crippen LogP contribution in [-0.2, 0) is 20.7 Å². The molecule has 2 heterocycles. The van der Waals surface area contributed by atoms with Gasteiger partial charge in [0, 0.05) is 22.3 Å². The Labute approximate surface area is 254 Å². The van der Waals surface area contributed by atoms with Crippen LogP contribution in [0.4, 0.5) is 4.79 Å². The van der Waals surface area contributed by atoms with Gasteiger partial charge in [0.15, 0.2) is 11.2 Å². The Morgan fingerprint density at radius 3 is 1.19 bits per heavy atom. The molecule has 2 aliphatic rings. The molecule has 0 bridgehead atoms. The predicted octanol–water partition coefficient (Wildman–Crippen LogP) is 7.55. The van der Waals surface area contributed by atoms with Crippen molar-refractivity contribution in [2.75, 3.05) is 0 Å². The van der Waals surface area contributed by atoms with E-state index in [1.165, 1.54) is 0 Å². The summed E-state index contributed by atoms with van der Waals surface area (Å²) in [6, 6.07) is 40.6. The second kappa shape index (κ2) is 12.4. The molecule has 5 nitrogen and oxygen atoms in total. The second-order valence-corrected chi connectivity index (χ2v) is 11.8. The monoisotopic (exact) mass is 578 g/mol. The lowest BCUT2D eigenvalue weighted by molar-refractivity contribution is 0.0584. The minimum atomic E-state index is -0.770. The fourth-order valence-electron chi connectivity index (χ4n) is 6.24. The molecule has 0 spiro atoms. The number of thiocarbonyl (C=S) groups is 1. The second-order valence-electron chi connectivity index (χ2n) is 11.4. The molecule has 0 aliphatic carbocycles. The number of ether oxygens (including phenoxy) is 2. The number of benzene rings is 4. The van der Waals surface area contributed by atoms with Crippen LogP contribution < -0.4 is 10.6 Å². The third kappa shape index (κ3) is 5.39. The van der Waals surface area contributed by atoms with Gasteiger partial charge in [-0.3, -0.25) is 0 Å². The van der Waals surface area contributed by atoms with E-state index in [0.29, 0.717) is 11.1 Å². The van der Waals surface area contributed by atoms with Gasteiger partial charge in [0.1, 0.15) is 0 Å². The van der Waals surface area contributed by atoms with E-state index in [1.54, 1.807) is 0 Å². The van der Waals surface area contributed by atoms with E-state index in [1.807, 2.05) is 97.1 Å². The Kier molecular flexibility index (Phi) is 8.64. The summed E-state index contributed by atoms with van der Waals surface area (Å²) in [5.74, 6) is 0.628. The van der Waals surface area contributed by atoms with E-state index < -0.39 is 11.2 Å². The summed E-state index contributed by atoms with van der Waals surface area (Å²) >= 11 is 5.33. The third-order valence-corrected chi connectivity index (χ3v) is 8.28. The summed E-state index contributed by atoms with van der Waals surface area (Å²) in [6.07, 6.45) is -0.360. The lowest BCUT2D eigenvalue weighted by Gasteiger charge is -2.36. The van der Waals surface area contributed by atoms with Crippen LogP contribution in [0.1, 0.15) is 49.9 Å². The fourth-order valence-corrected chi connectivity index (χ4v) is 6.50. The first-order valence-corrected chi connectivity index (χ1v) is 14.9. The number of alkyl carbamates (subject to hydrolysis) is 1. The Balaban J connectivity index is 0.000000168. The van der Waals surface area contributed by atoms with Gasteiger partial charge in [0.2, 0.25) is 0 Å². The normalized spacial score (nSPS) is 20.1. The molecule has 216 valence electrons. The lowest BCUT2D eigenvalue weighted by atomic mass is 9.76. The van der Waals surface area contributed by atoms with Crippen LogP contribution in [0, 0.1) is 11.8 Å². The van der Waals surface area contributed by atoms with Gasteiger partial charge in [-0.15, -0.1) is 0 Å². The van der Waals surface area contributed by atoms with Gasteiger partial charge in [-0.05, 0) is 24.1 Å². The standard InChI is InChI=1S/C18H19NO2.C18H19NOS/c1-13(2)16-18(21-17(20)19-16,14-9-5-3-6-10-14)15-11-7-4-8-12-15;1-13(2)16-18(20-17(21)19-16,14-9-5-3-6-10-14)15-11-7-4-8-12-15/h3-13,16H,1-2H3,(H,19,20);3-13,16H,1-2H3,(H,19,21)/t2*16-/m00/s1. The third-order valence-electron chi connectivity index (χ3n) is 8.07. The number of cyclic esters (lactones) is 1. The fraction of sp³-hybridized carbons (Fsp3) is 0.278. The smallest absolute Gasteiger partial charge is 0.408 e. The summed E-state index contributed by atoms with van der Waals surface area (Å²) in [6.45, 7) is 8.58. The molecule has 2 aliphatic heterocycles. The van der Waals surface area contributed by atoms with Crippen molar-refractivity contribution >= 4 is 23.5 Å². The van der Waals surface area contributed by atoms with Crippen molar-refractivity contribution in [3.8, 4) is 0 Å². The van der Waals surface area contributed by atoms with Gasteiger partial charge in [-0.2, -0.15) is 0 Å². The predicted molar refractivity (Wildman–Crippen MR) is 171 cm³/mol. The first-order valence-electron chi connectivity index (χ1n) is 14.5. The summed E-state index contributed by atoms with van der Waals surface area (Å²) < 4.78 is 12.1. The van der Waals surface area contributed by atoms with Crippen molar-refractivity contribution in [1.29, 1.82) is 0 Å². The minimum absolute atomic E-state index is 0.102. The van der Waals surface area contributed by atoms with Crippen molar-refractivity contribution in [3.63, 3.8) is 0 Å². The highest BCUT2D eigenvalue weighted by molar-refractivity contribution is 7.80. The van der Waals surface area contributed by atoms with E-state index in [2.05, 4.69) is 62.6 Å². The van der Waals surface area contributed by atoms with Crippen LogP contribution in [0.2, 0.25) is 0 Å². The maximum atomic E-state index is 12.0. The summed E-state index contributed by atoms with van der Waals surface area (Å²) in [5.41, 5.74) is 2.91. The highest BCUT2D eigenvalue weighted by Gasteiger charge is 2.53. The van der Waals surface area contributed by atoms with Gasteiger partial charge >= 0.3 is 6.09 Å². The molecule has 2 saturated heterocycles. The largest absolute Gasteiger partial charge is 0.452 e. The highest BCUT2D eigenvalue weighted by atomic mass is 32.1. The van der Waals surface area contributed by atoms with Crippen LogP contribution in [0.15, 0.2) is 121 Å². The summed E-state index contributed by atoms with van der Waals surface area (Å²) in [7, 11) is 0. The molecule has 2 atom stereocenters. The number of carbonyl (C=O) groups excluding carboxylic acids is 1. The van der Waals surface area contributed by atoms with Crippen LogP contribution >= 0.6 is 12.2 Å². The Bertz CT molecular complexity index is 1280. The first kappa shape index (κ1) is 29.3. The van der Waals surface area contributed by atoms with E-state index in [-0.39, 0.29) is 24.1 Å². The molecular formula is C36H38N2O3S. The van der Waals surface area contributed by atoms with Gasteiger partial charge in [-0.25, -0.2) is 4.79 Å². The van der Waals surface area contributed by atoms with E-state index in [4.69, 9.17) is 21.7 Å². The zero-order valence-electron chi connectivity index (χ0n) is 24.5. The number of carbonyl (C=O) groups is 1. The van der Waals surface area contributed by atoms with Crippen molar-refractivity contribution in [3.05, 3.63) is 144 Å². The average Bonchev–Trinajstić information content (AvgIpc) is 3.58. The van der Waals surface area contributed by atoms with Crippen LogP contribution in [0.3, 0.4) is 0 Å². The number of rotatable bonds is 6. The summed E-state index contributed by atoms with van der Waals surface area (Å²) in [4.78, 5) is 12.0. The Morgan fingerprint density at radius 2 is 0.857 bits per heavy atom. The Hall–Kier alpha value is -4.16. The van der Waals surface area contributed by atoms with Crippen LogP contribution in [0.25, 0.3) is 0 Å². The van der Waals surface area contributed by atoms with Crippen LogP contribution in [-0.4, -0.2) is 23.4 Å². The number of hydrogen-bond acceptors (Lipinski definition) is 4. The molecule has 2 fully saturated rings. The van der Waals surface area contributed by atoms with E-state index in [0.717, 1.165) is 22.3 Å². The molecule has 42 heavy (non-hydrogen) atoms. The number of amides is 1. The quantitative estimate of drug-likeness (QED) is 0.231. The molecule has 0 radical (unpaired) electrons. The number of nitrogens with one attached hydrogen (secondary N) is 2. The lowest BCUT2D eigenvalue weighted by Crippen LogP contribution is -2.45. The highest BCUT2D eigenvalue weighted by Crippen LogP contribution is 2.44. The molecule has 1 amide bonds. The molecule has 4 aromatic carbocycles. The average molecular weight is 579 g/mol. The first-order chi connectivity index (χ1) is 20.3. The minimum Gasteiger partial charge on any atom is -0.452 e. The van der Waals surface area contributed by atoms with Crippen molar-refractivity contribution < 1.29 is 14.3 Å². The maximum absolute atomic E-state index is 12.0. The van der Waals surface area contributed by atoms with Gasteiger partial charge in [-0.1, -0.05) is 149 Å². The molecule has 2 N–H and O–H groups in total. The van der Waals surface area contributed by atoms with Gasteiger partial charge < -0.3 is 20.1 Å². The SMILES string of the molecule is CC(C)[C@@H]1NC(=O)OC1(c1ccccc1)c1ccccc1.CC(C)[C@@H]1NC(=S)OC1(c1ccccc1)c1ccccc1. The zero-order valence-corrected chi connectivity index (χ0v) is 25.3. The van der Waals surface area contributed by atoms with Crippen LogP contribution in [0.5, 0.6) is 0 Å².